The van der Waals surface area contributed by atoms with Gasteiger partial charge in [-0.1, -0.05) is 11.6 Å². The summed E-state index contributed by atoms with van der Waals surface area (Å²) in [5, 5.41) is 8.26. The van der Waals surface area contributed by atoms with Crippen molar-refractivity contribution in [3.8, 4) is 0 Å². The standard InChI is InChI=1S/C7H10ClNO2/c8-5-1-2-6(9)3-4-7(10)11/h2,5-6H,3-4,9H2,(H,10,11). The topological polar surface area (TPSA) is 63.3 Å². The fourth-order valence-corrected chi connectivity index (χ4v) is 0.606. The molecule has 0 spiro atoms. The van der Waals surface area contributed by atoms with Crippen molar-refractivity contribution in [3.05, 3.63) is 17.3 Å². The van der Waals surface area contributed by atoms with Crippen molar-refractivity contribution in [1.82, 2.24) is 0 Å². The van der Waals surface area contributed by atoms with Crippen LogP contribution in [0.4, 0.5) is 0 Å². The number of hydrogen-bond donors (Lipinski definition) is 2. The van der Waals surface area contributed by atoms with Gasteiger partial charge in [-0.2, -0.15) is 0 Å². The van der Waals surface area contributed by atoms with Gasteiger partial charge in [-0.3, -0.25) is 4.79 Å². The van der Waals surface area contributed by atoms with E-state index in [0.29, 0.717) is 6.42 Å². The number of rotatable bonds is 4. The maximum atomic E-state index is 10.1. The van der Waals surface area contributed by atoms with E-state index in [1.54, 1.807) is 0 Å². The van der Waals surface area contributed by atoms with Crippen LogP contribution in [0, 0.1) is 0 Å². The van der Waals surface area contributed by atoms with Crippen LogP contribution in [-0.4, -0.2) is 17.1 Å². The van der Waals surface area contributed by atoms with E-state index in [4.69, 9.17) is 22.4 Å². The van der Waals surface area contributed by atoms with Gasteiger partial charge < -0.3 is 10.8 Å². The molecule has 0 aliphatic heterocycles. The summed E-state index contributed by atoms with van der Waals surface area (Å²) >= 11 is 5.17. The minimum Gasteiger partial charge on any atom is -0.481 e. The number of hydrogen-bond acceptors (Lipinski definition) is 2. The molecule has 0 amide bonds. The van der Waals surface area contributed by atoms with Crippen LogP contribution in [0.2, 0.25) is 0 Å². The van der Waals surface area contributed by atoms with E-state index >= 15 is 0 Å². The molecule has 0 fully saturated rings. The van der Waals surface area contributed by atoms with Gasteiger partial charge in [0, 0.05) is 18.0 Å². The Balaban J connectivity index is 3.61. The highest BCUT2D eigenvalue weighted by molar-refractivity contribution is 6.25. The molecule has 4 heteroatoms. The summed E-state index contributed by atoms with van der Waals surface area (Å²) in [6.07, 6.45) is 2.02. The molecule has 0 aliphatic carbocycles. The van der Waals surface area contributed by atoms with Gasteiger partial charge in [-0.05, 0) is 12.5 Å². The number of nitrogens with two attached hydrogens (primary N) is 1. The van der Waals surface area contributed by atoms with Crippen LogP contribution in [0.15, 0.2) is 17.3 Å². The first-order valence-electron chi connectivity index (χ1n) is 3.15. The van der Waals surface area contributed by atoms with Gasteiger partial charge in [-0.15, -0.1) is 5.73 Å². The van der Waals surface area contributed by atoms with Crippen molar-refractivity contribution >= 4 is 17.6 Å². The van der Waals surface area contributed by atoms with Gasteiger partial charge in [0.05, 0.1) is 0 Å². The molecular formula is C7H10ClNO2. The third-order valence-electron chi connectivity index (χ3n) is 1.06. The number of carboxylic acid groups (broad SMARTS) is 1. The van der Waals surface area contributed by atoms with E-state index in [1.165, 1.54) is 11.6 Å². The highest BCUT2D eigenvalue weighted by Gasteiger charge is 2.00. The number of carboxylic acids is 1. The van der Waals surface area contributed by atoms with Crippen LogP contribution in [0.1, 0.15) is 12.8 Å². The Morgan fingerprint density at radius 1 is 1.82 bits per heavy atom. The maximum Gasteiger partial charge on any atom is 0.303 e. The van der Waals surface area contributed by atoms with Crippen molar-refractivity contribution in [3.63, 3.8) is 0 Å². The molecule has 3 nitrogen and oxygen atoms in total. The van der Waals surface area contributed by atoms with E-state index in [2.05, 4.69) is 5.73 Å². The van der Waals surface area contributed by atoms with Crippen molar-refractivity contribution in [1.29, 1.82) is 0 Å². The normalized spacial score (nSPS) is 11.5. The second-order valence-electron chi connectivity index (χ2n) is 2.04. The van der Waals surface area contributed by atoms with E-state index < -0.39 is 5.97 Å². The molecule has 1 unspecified atom stereocenters. The first kappa shape index (κ1) is 10.2. The third-order valence-corrected chi connectivity index (χ3v) is 1.19. The van der Waals surface area contributed by atoms with Crippen LogP contribution in [0.5, 0.6) is 0 Å². The third kappa shape index (κ3) is 7.13. The van der Waals surface area contributed by atoms with Gasteiger partial charge in [0.2, 0.25) is 0 Å². The highest BCUT2D eigenvalue weighted by Crippen LogP contribution is 1.94. The minimum atomic E-state index is -0.844. The molecule has 11 heavy (non-hydrogen) atoms. The predicted octanol–water partition coefficient (Wildman–Crippen LogP) is 1.09. The minimum absolute atomic E-state index is 0.0711. The number of halogens is 1. The first-order valence-corrected chi connectivity index (χ1v) is 3.59. The molecule has 0 saturated carbocycles. The van der Waals surface area contributed by atoms with Gasteiger partial charge in [0.25, 0.3) is 0 Å². The monoisotopic (exact) mass is 175 g/mol. The highest BCUT2D eigenvalue weighted by atomic mass is 35.5. The molecule has 0 heterocycles. The van der Waals surface area contributed by atoms with Gasteiger partial charge in [0.15, 0.2) is 0 Å². The van der Waals surface area contributed by atoms with Gasteiger partial charge >= 0.3 is 5.97 Å². The molecule has 62 valence electrons. The fraction of sp³-hybridized carbons (Fsp3) is 0.429. The number of aliphatic carboxylic acids is 1. The Morgan fingerprint density at radius 2 is 2.45 bits per heavy atom. The Hall–Kier alpha value is -0.760. The predicted molar refractivity (Wildman–Crippen MR) is 43.4 cm³/mol. The summed E-state index contributed by atoms with van der Waals surface area (Å²) in [6.45, 7) is 0. The van der Waals surface area contributed by atoms with Gasteiger partial charge in [-0.25, -0.2) is 0 Å². The molecule has 0 rings (SSSR count). The summed E-state index contributed by atoms with van der Waals surface area (Å²) in [7, 11) is 0. The maximum absolute atomic E-state index is 10.1. The average molecular weight is 176 g/mol. The molecule has 0 aliphatic rings. The molecule has 0 bridgehead atoms. The largest absolute Gasteiger partial charge is 0.481 e. The Kier molecular flexibility index (Phi) is 5.57. The van der Waals surface area contributed by atoms with Crippen LogP contribution in [-0.2, 0) is 4.79 Å². The lowest BCUT2D eigenvalue weighted by molar-refractivity contribution is -0.137. The first-order chi connectivity index (χ1) is 5.16. The Labute approximate surface area is 70.1 Å². The summed E-state index contributed by atoms with van der Waals surface area (Å²) < 4.78 is 0. The van der Waals surface area contributed by atoms with Crippen LogP contribution in [0.25, 0.3) is 0 Å². The zero-order valence-corrected chi connectivity index (χ0v) is 6.71. The molecule has 0 radical (unpaired) electrons. The van der Waals surface area contributed by atoms with Crippen molar-refractivity contribution in [2.24, 2.45) is 5.73 Å². The average Bonchev–Trinajstić information content (AvgIpc) is 1.97. The number of carbonyl (C=O) groups is 1. The SMILES string of the molecule is NC(C=C=CCl)CCC(=O)O. The van der Waals surface area contributed by atoms with E-state index in [-0.39, 0.29) is 12.5 Å². The molecule has 0 aromatic heterocycles. The van der Waals surface area contributed by atoms with Crippen molar-refractivity contribution < 1.29 is 9.90 Å². The Bertz CT molecular complexity index is 185. The molecule has 0 aromatic rings. The van der Waals surface area contributed by atoms with E-state index in [0.717, 1.165) is 0 Å². The molecule has 3 N–H and O–H groups in total. The Morgan fingerprint density at radius 3 is 2.91 bits per heavy atom. The fourth-order valence-electron chi connectivity index (χ4n) is 0.533. The van der Waals surface area contributed by atoms with Crippen molar-refractivity contribution in [2.45, 2.75) is 18.9 Å². The summed E-state index contributed by atoms with van der Waals surface area (Å²) in [4.78, 5) is 10.1. The van der Waals surface area contributed by atoms with Gasteiger partial charge in [0.1, 0.15) is 0 Å². The van der Waals surface area contributed by atoms with Crippen LogP contribution >= 0.6 is 11.6 Å². The van der Waals surface area contributed by atoms with Crippen LogP contribution in [0.3, 0.4) is 0 Å². The molecule has 1 atom stereocenters. The zero-order valence-electron chi connectivity index (χ0n) is 5.96. The summed E-state index contributed by atoms with van der Waals surface area (Å²) in [5.41, 5.74) is 9.23. The van der Waals surface area contributed by atoms with Crippen LogP contribution < -0.4 is 5.73 Å². The lowest BCUT2D eigenvalue weighted by atomic mass is 10.2. The molecule has 0 aromatic carbocycles. The lowest BCUT2D eigenvalue weighted by Gasteiger charge is -2.00. The summed E-state index contributed by atoms with van der Waals surface area (Å²) in [5.74, 6) is -0.844. The van der Waals surface area contributed by atoms with E-state index in [9.17, 15) is 4.79 Å². The quantitative estimate of drug-likeness (QED) is 0.629. The molecule has 0 saturated heterocycles. The lowest BCUT2D eigenvalue weighted by Crippen LogP contribution is -2.17. The zero-order chi connectivity index (χ0) is 8.69. The van der Waals surface area contributed by atoms with E-state index in [1.807, 2.05) is 0 Å². The molecular weight excluding hydrogens is 166 g/mol. The van der Waals surface area contributed by atoms with Crippen molar-refractivity contribution in [2.75, 3.05) is 0 Å². The summed E-state index contributed by atoms with van der Waals surface area (Å²) in [6, 6.07) is -0.277. The second-order valence-corrected chi connectivity index (χ2v) is 2.26. The smallest absolute Gasteiger partial charge is 0.303 e. The second kappa shape index (κ2) is 5.98.